The second-order valence-electron chi connectivity index (χ2n) is 6.00. The number of allylic oxidation sites excluding steroid dienone is 1. The van der Waals surface area contributed by atoms with Gasteiger partial charge >= 0.3 is 5.97 Å². The van der Waals surface area contributed by atoms with E-state index < -0.39 is 0 Å². The molecule has 0 aromatic carbocycles. The van der Waals surface area contributed by atoms with Crippen LogP contribution in [0, 0.1) is 0 Å². The van der Waals surface area contributed by atoms with Crippen molar-refractivity contribution in [2.75, 3.05) is 26.3 Å². The van der Waals surface area contributed by atoms with Gasteiger partial charge in [-0.1, -0.05) is 57.6 Å². The topological polar surface area (TPSA) is 58.6 Å². The summed E-state index contributed by atoms with van der Waals surface area (Å²) in [7, 11) is 0. The lowest BCUT2D eigenvalue weighted by Gasteiger charge is -2.04. The zero-order valence-electron chi connectivity index (χ0n) is 15.0. The number of unbranched alkanes of at least 4 members (excludes halogenated alkanes) is 8. The first-order valence-corrected chi connectivity index (χ1v) is 9.43. The average Bonchev–Trinajstić information content (AvgIpc) is 2.56. The molecule has 0 bridgehead atoms. The van der Waals surface area contributed by atoms with Crippen LogP contribution >= 0.6 is 0 Å². The Morgan fingerprint density at radius 3 is 2.48 bits per heavy atom. The summed E-state index contributed by atoms with van der Waals surface area (Å²) in [6.45, 7) is 4.48. The third kappa shape index (κ3) is 19.1. The first-order chi connectivity index (χ1) is 11.3. The standard InChI is InChI=1S/C19H37NO3/c1-2-3-4-5-6-10-13-18-23-19(22)14-11-8-7-9-12-15-20-16-17-21/h10,13,20-21H,2-9,11-12,14-18H2,1H3. The second-order valence-corrected chi connectivity index (χ2v) is 6.00. The number of ether oxygens (including phenoxy) is 1. The maximum absolute atomic E-state index is 11.5. The summed E-state index contributed by atoms with van der Waals surface area (Å²) in [5.41, 5.74) is 0. The lowest BCUT2D eigenvalue weighted by Crippen LogP contribution is -2.19. The first-order valence-electron chi connectivity index (χ1n) is 9.43. The number of hydrogen-bond acceptors (Lipinski definition) is 4. The van der Waals surface area contributed by atoms with Crippen molar-refractivity contribution >= 4 is 5.97 Å². The Morgan fingerprint density at radius 2 is 1.70 bits per heavy atom. The highest BCUT2D eigenvalue weighted by Crippen LogP contribution is 2.06. The van der Waals surface area contributed by atoms with Crippen LogP contribution < -0.4 is 5.32 Å². The van der Waals surface area contributed by atoms with E-state index in [1.807, 2.05) is 6.08 Å². The zero-order valence-corrected chi connectivity index (χ0v) is 15.0. The van der Waals surface area contributed by atoms with Crippen molar-refractivity contribution in [2.24, 2.45) is 0 Å². The van der Waals surface area contributed by atoms with Crippen molar-refractivity contribution in [1.29, 1.82) is 0 Å². The Morgan fingerprint density at radius 1 is 0.957 bits per heavy atom. The Hall–Kier alpha value is -0.870. The number of aliphatic hydroxyl groups is 1. The second kappa shape index (κ2) is 19.2. The van der Waals surface area contributed by atoms with Crippen LogP contribution in [0.2, 0.25) is 0 Å². The minimum Gasteiger partial charge on any atom is -0.461 e. The van der Waals surface area contributed by atoms with E-state index in [4.69, 9.17) is 9.84 Å². The molecule has 2 N–H and O–H groups in total. The minimum absolute atomic E-state index is 0.0785. The highest BCUT2D eigenvalue weighted by molar-refractivity contribution is 5.69. The molecule has 136 valence electrons. The Balaban J connectivity index is 3.23. The maximum Gasteiger partial charge on any atom is 0.306 e. The molecule has 4 nitrogen and oxygen atoms in total. The highest BCUT2D eigenvalue weighted by atomic mass is 16.5. The fourth-order valence-electron chi connectivity index (χ4n) is 2.34. The van der Waals surface area contributed by atoms with Gasteiger partial charge in [0.15, 0.2) is 0 Å². The molecule has 0 aromatic heterocycles. The third-order valence-corrected chi connectivity index (χ3v) is 3.75. The van der Waals surface area contributed by atoms with E-state index in [1.54, 1.807) is 0 Å². The quantitative estimate of drug-likeness (QED) is 0.241. The molecule has 0 amide bonds. The number of carbonyl (C=O) groups excluding carboxylic acids is 1. The molecule has 4 heteroatoms. The Kier molecular flexibility index (Phi) is 18.5. The van der Waals surface area contributed by atoms with E-state index in [2.05, 4.69) is 18.3 Å². The number of esters is 1. The number of aliphatic hydroxyl groups excluding tert-OH is 1. The smallest absolute Gasteiger partial charge is 0.306 e. The molecule has 0 fully saturated rings. The van der Waals surface area contributed by atoms with Gasteiger partial charge in [0.25, 0.3) is 0 Å². The van der Waals surface area contributed by atoms with Crippen LogP contribution in [0.15, 0.2) is 12.2 Å². The SMILES string of the molecule is CCCCCCC=CCOC(=O)CCCCCCCNCCO. The molecule has 0 aliphatic rings. The Labute approximate surface area is 142 Å². The molecule has 0 radical (unpaired) electrons. The van der Waals surface area contributed by atoms with Gasteiger partial charge in [-0.05, 0) is 32.2 Å². The van der Waals surface area contributed by atoms with Gasteiger partial charge in [-0.2, -0.15) is 0 Å². The molecule has 0 aromatic rings. The van der Waals surface area contributed by atoms with Crippen molar-refractivity contribution in [3.05, 3.63) is 12.2 Å². The lowest BCUT2D eigenvalue weighted by atomic mass is 10.1. The summed E-state index contributed by atoms with van der Waals surface area (Å²) >= 11 is 0. The summed E-state index contributed by atoms with van der Waals surface area (Å²) in [6.07, 6.45) is 16.3. The zero-order chi connectivity index (χ0) is 17.0. The summed E-state index contributed by atoms with van der Waals surface area (Å²) in [5, 5.41) is 11.8. The van der Waals surface area contributed by atoms with Gasteiger partial charge in [0.1, 0.15) is 6.61 Å². The van der Waals surface area contributed by atoms with Gasteiger partial charge in [0.05, 0.1) is 6.61 Å². The Bertz CT molecular complexity index is 280. The van der Waals surface area contributed by atoms with Crippen molar-refractivity contribution in [3.8, 4) is 0 Å². The molecule has 0 rings (SSSR count). The van der Waals surface area contributed by atoms with Gasteiger partial charge in [-0.25, -0.2) is 0 Å². The van der Waals surface area contributed by atoms with Crippen LogP contribution in [-0.2, 0) is 9.53 Å². The van der Waals surface area contributed by atoms with E-state index in [-0.39, 0.29) is 12.6 Å². The first kappa shape index (κ1) is 22.1. The largest absolute Gasteiger partial charge is 0.461 e. The minimum atomic E-state index is -0.0785. The summed E-state index contributed by atoms with van der Waals surface area (Å²) < 4.78 is 5.18. The van der Waals surface area contributed by atoms with Crippen molar-refractivity contribution in [1.82, 2.24) is 5.32 Å². The predicted octanol–water partition coefficient (Wildman–Crippen LogP) is 3.98. The van der Waals surface area contributed by atoms with Gasteiger partial charge in [0.2, 0.25) is 0 Å². The van der Waals surface area contributed by atoms with Crippen molar-refractivity contribution in [2.45, 2.75) is 77.6 Å². The van der Waals surface area contributed by atoms with Crippen LogP contribution in [0.5, 0.6) is 0 Å². The molecule has 23 heavy (non-hydrogen) atoms. The fourth-order valence-corrected chi connectivity index (χ4v) is 2.34. The molecular weight excluding hydrogens is 290 g/mol. The van der Waals surface area contributed by atoms with E-state index in [0.29, 0.717) is 19.6 Å². The molecule has 0 heterocycles. The molecule has 0 aliphatic heterocycles. The summed E-state index contributed by atoms with van der Waals surface area (Å²) in [5.74, 6) is -0.0785. The number of hydrogen-bond donors (Lipinski definition) is 2. The van der Waals surface area contributed by atoms with Crippen LogP contribution in [0.25, 0.3) is 0 Å². The van der Waals surface area contributed by atoms with Crippen molar-refractivity contribution in [3.63, 3.8) is 0 Å². The summed E-state index contributed by atoms with van der Waals surface area (Å²) in [6, 6.07) is 0. The number of nitrogens with one attached hydrogen (secondary N) is 1. The van der Waals surface area contributed by atoms with E-state index in [9.17, 15) is 4.79 Å². The molecule has 0 spiro atoms. The molecule has 0 saturated heterocycles. The van der Waals surface area contributed by atoms with Gasteiger partial charge in [-0.3, -0.25) is 4.79 Å². The normalized spacial score (nSPS) is 11.2. The number of rotatable bonds is 17. The lowest BCUT2D eigenvalue weighted by molar-refractivity contribution is -0.142. The van der Waals surface area contributed by atoms with Gasteiger partial charge in [0, 0.05) is 13.0 Å². The van der Waals surface area contributed by atoms with E-state index >= 15 is 0 Å². The van der Waals surface area contributed by atoms with E-state index in [1.165, 1.54) is 32.1 Å². The molecule has 0 aliphatic carbocycles. The molecule has 0 unspecified atom stereocenters. The van der Waals surface area contributed by atoms with E-state index in [0.717, 1.165) is 38.6 Å². The fraction of sp³-hybridized carbons (Fsp3) is 0.842. The van der Waals surface area contributed by atoms with Crippen molar-refractivity contribution < 1.29 is 14.6 Å². The average molecular weight is 328 g/mol. The van der Waals surface area contributed by atoms with Gasteiger partial charge < -0.3 is 15.2 Å². The molecule has 0 atom stereocenters. The van der Waals surface area contributed by atoms with Crippen LogP contribution in [-0.4, -0.2) is 37.4 Å². The summed E-state index contributed by atoms with van der Waals surface area (Å²) in [4.78, 5) is 11.5. The predicted molar refractivity (Wildman–Crippen MR) is 96.5 cm³/mol. The maximum atomic E-state index is 11.5. The van der Waals surface area contributed by atoms with Crippen LogP contribution in [0.3, 0.4) is 0 Å². The molecule has 0 saturated carbocycles. The van der Waals surface area contributed by atoms with Crippen LogP contribution in [0.1, 0.15) is 77.6 Å². The highest BCUT2D eigenvalue weighted by Gasteiger charge is 2.01. The monoisotopic (exact) mass is 327 g/mol. The van der Waals surface area contributed by atoms with Crippen LogP contribution in [0.4, 0.5) is 0 Å². The molecular formula is C19H37NO3. The third-order valence-electron chi connectivity index (χ3n) is 3.75. The number of carbonyl (C=O) groups is 1. The van der Waals surface area contributed by atoms with Gasteiger partial charge in [-0.15, -0.1) is 0 Å².